The zero-order chi connectivity index (χ0) is 22.9. The molecule has 0 aliphatic rings. The van der Waals surface area contributed by atoms with Crippen molar-refractivity contribution in [3.8, 4) is 5.75 Å². The van der Waals surface area contributed by atoms with Crippen LogP contribution >= 0.6 is 11.3 Å². The second kappa shape index (κ2) is 11.2. The van der Waals surface area contributed by atoms with Gasteiger partial charge in [-0.15, -0.1) is 11.3 Å². The third kappa shape index (κ3) is 6.85. The first-order chi connectivity index (χ1) is 16.2. The van der Waals surface area contributed by atoms with Gasteiger partial charge in [-0.3, -0.25) is 9.78 Å². The molecular formula is C27H23FN2O2S. The normalized spacial score (nSPS) is 10.9. The van der Waals surface area contributed by atoms with Crippen molar-refractivity contribution in [2.24, 2.45) is 0 Å². The molecule has 0 bridgehead atoms. The summed E-state index contributed by atoms with van der Waals surface area (Å²) >= 11 is 1.59. The first-order valence-corrected chi connectivity index (χ1v) is 11.4. The number of rotatable bonds is 9. The Morgan fingerprint density at radius 2 is 1.85 bits per heavy atom. The average Bonchev–Trinajstić information content (AvgIpc) is 3.36. The molecule has 0 aliphatic carbocycles. The van der Waals surface area contributed by atoms with Gasteiger partial charge in [0.1, 0.15) is 18.2 Å². The van der Waals surface area contributed by atoms with Gasteiger partial charge in [0, 0.05) is 23.7 Å². The summed E-state index contributed by atoms with van der Waals surface area (Å²) in [6, 6.07) is 23.5. The maximum Gasteiger partial charge on any atom is 0.247 e. The number of pyridine rings is 1. The van der Waals surface area contributed by atoms with Gasteiger partial charge in [0.25, 0.3) is 0 Å². The van der Waals surface area contributed by atoms with Crippen LogP contribution < -0.4 is 4.74 Å². The van der Waals surface area contributed by atoms with Gasteiger partial charge in [-0.25, -0.2) is 4.39 Å². The van der Waals surface area contributed by atoms with Crippen molar-refractivity contribution < 1.29 is 13.9 Å². The quantitative estimate of drug-likeness (QED) is 0.285. The summed E-state index contributed by atoms with van der Waals surface area (Å²) < 4.78 is 19.1. The highest BCUT2D eigenvalue weighted by Crippen LogP contribution is 2.18. The van der Waals surface area contributed by atoms with Crippen LogP contribution in [0.5, 0.6) is 5.75 Å². The van der Waals surface area contributed by atoms with Crippen molar-refractivity contribution in [3.05, 3.63) is 124 Å². The molecule has 166 valence electrons. The molecule has 6 heteroatoms. The minimum atomic E-state index is -0.280. The van der Waals surface area contributed by atoms with Gasteiger partial charge < -0.3 is 9.64 Å². The molecule has 0 fully saturated rings. The van der Waals surface area contributed by atoms with Crippen LogP contribution in [0.2, 0.25) is 0 Å². The maximum atomic E-state index is 13.3. The van der Waals surface area contributed by atoms with E-state index >= 15 is 0 Å². The maximum absolute atomic E-state index is 13.3. The minimum absolute atomic E-state index is 0.0829. The Labute approximate surface area is 196 Å². The number of thiophene rings is 1. The SMILES string of the molecule is O=C(C=Cc1cccs1)N(Cc1ccc(OCc2cccc(F)c2)cc1)Cc1ccccn1. The van der Waals surface area contributed by atoms with Crippen LogP contribution in [0.3, 0.4) is 0 Å². The lowest BCUT2D eigenvalue weighted by Gasteiger charge is -2.21. The van der Waals surface area contributed by atoms with Crippen LogP contribution in [0.4, 0.5) is 4.39 Å². The van der Waals surface area contributed by atoms with Gasteiger partial charge in [0.2, 0.25) is 5.91 Å². The van der Waals surface area contributed by atoms with Gasteiger partial charge in [-0.05, 0) is 65.0 Å². The second-order valence-corrected chi connectivity index (χ2v) is 8.41. The molecule has 4 aromatic rings. The molecule has 0 aliphatic heterocycles. The lowest BCUT2D eigenvalue weighted by Crippen LogP contribution is -2.28. The monoisotopic (exact) mass is 458 g/mol. The molecule has 33 heavy (non-hydrogen) atoms. The number of amides is 1. The van der Waals surface area contributed by atoms with Gasteiger partial charge in [-0.1, -0.05) is 36.4 Å². The van der Waals surface area contributed by atoms with E-state index in [1.807, 2.05) is 72.1 Å². The van der Waals surface area contributed by atoms with Gasteiger partial charge in [0.05, 0.1) is 12.2 Å². The molecule has 2 aromatic carbocycles. The van der Waals surface area contributed by atoms with E-state index in [0.717, 1.165) is 21.7 Å². The Balaban J connectivity index is 1.42. The first kappa shape index (κ1) is 22.4. The Morgan fingerprint density at radius 3 is 2.58 bits per heavy atom. The predicted molar refractivity (Wildman–Crippen MR) is 129 cm³/mol. The fourth-order valence-electron chi connectivity index (χ4n) is 3.25. The summed E-state index contributed by atoms with van der Waals surface area (Å²) in [6.07, 6.45) is 5.16. The van der Waals surface area contributed by atoms with E-state index in [1.165, 1.54) is 12.1 Å². The van der Waals surface area contributed by atoms with Crippen molar-refractivity contribution in [1.29, 1.82) is 0 Å². The molecule has 0 saturated heterocycles. The largest absolute Gasteiger partial charge is 0.489 e. The molecule has 4 rings (SSSR count). The van der Waals surface area contributed by atoms with E-state index in [2.05, 4.69) is 4.98 Å². The zero-order valence-corrected chi connectivity index (χ0v) is 18.7. The Kier molecular flexibility index (Phi) is 7.61. The first-order valence-electron chi connectivity index (χ1n) is 10.5. The number of carbonyl (C=O) groups is 1. The van der Waals surface area contributed by atoms with Crippen LogP contribution in [0.15, 0.2) is 96.5 Å². The molecule has 0 saturated carbocycles. The van der Waals surface area contributed by atoms with Crippen molar-refractivity contribution in [2.75, 3.05) is 0 Å². The summed E-state index contributed by atoms with van der Waals surface area (Å²) in [5.74, 6) is 0.320. The summed E-state index contributed by atoms with van der Waals surface area (Å²) in [7, 11) is 0. The molecule has 0 atom stereocenters. The second-order valence-electron chi connectivity index (χ2n) is 7.43. The highest BCUT2D eigenvalue weighted by atomic mass is 32.1. The third-order valence-electron chi connectivity index (χ3n) is 4.92. The molecule has 0 N–H and O–H groups in total. The molecule has 0 radical (unpaired) electrons. The number of benzene rings is 2. The number of hydrogen-bond acceptors (Lipinski definition) is 4. The number of ether oxygens (including phenoxy) is 1. The fourth-order valence-corrected chi connectivity index (χ4v) is 3.87. The van der Waals surface area contributed by atoms with E-state index < -0.39 is 0 Å². The van der Waals surface area contributed by atoms with E-state index in [0.29, 0.717) is 18.8 Å². The third-order valence-corrected chi connectivity index (χ3v) is 5.75. The van der Waals surface area contributed by atoms with Crippen LogP contribution in [0.1, 0.15) is 21.7 Å². The standard InChI is InChI=1S/C27H23FN2O2S/c28-23-6-3-5-22(17-23)20-32-25-11-9-21(10-12-25)18-30(19-24-7-1-2-15-29-24)27(31)14-13-26-8-4-16-33-26/h1-17H,18-20H2. The van der Waals surface area contributed by atoms with E-state index in [1.54, 1.807) is 34.6 Å². The van der Waals surface area contributed by atoms with Gasteiger partial charge in [-0.2, -0.15) is 0 Å². The van der Waals surface area contributed by atoms with Crippen molar-refractivity contribution in [1.82, 2.24) is 9.88 Å². The van der Waals surface area contributed by atoms with Crippen LogP contribution in [0, 0.1) is 5.82 Å². The number of carbonyl (C=O) groups excluding carboxylic acids is 1. The number of hydrogen-bond donors (Lipinski definition) is 0. The molecule has 4 nitrogen and oxygen atoms in total. The Morgan fingerprint density at radius 1 is 0.970 bits per heavy atom. The number of aromatic nitrogens is 1. The number of nitrogens with zero attached hydrogens (tertiary/aromatic N) is 2. The predicted octanol–water partition coefficient (Wildman–Crippen LogP) is 6.10. The van der Waals surface area contributed by atoms with Crippen molar-refractivity contribution in [2.45, 2.75) is 19.7 Å². The Bertz CT molecular complexity index is 1190. The summed E-state index contributed by atoms with van der Waals surface area (Å²) in [5, 5.41) is 1.98. The van der Waals surface area contributed by atoms with Gasteiger partial charge in [0.15, 0.2) is 0 Å². The zero-order valence-electron chi connectivity index (χ0n) is 17.9. The lowest BCUT2D eigenvalue weighted by atomic mass is 10.2. The van der Waals surface area contributed by atoms with Gasteiger partial charge >= 0.3 is 0 Å². The lowest BCUT2D eigenvalue weighted by molar-refractivity contribution is -0.127. The highest BCUT2D eigenvalue weighted by Gasteiger charge is 2.13. The van der Waals surface area contributed by atoms with Crippen LogP contribution in [-0.4, -0.2) is 15.8 Å². The smallest absolute Gasteiger partial charge is 0.247 e. The molecule has 2 heterocycles. The van der Waals surface area contributed by atoms with E-state index in [9.17, 15) is 9.18 Å². The fraction of sp³-hybridized carbons (Fsp3) is 0.111. The Hall–Kier alpha value is -3.77. The molecule has 0 spiro atoms. The molecule has 2 aromatic heterocycles. The summed E-state index contributed by atoms with van der Waals surface area (Å²) in [6.45, 7) is 1.13. The summed E-state index contributed by atoms with van der Waals surface area (Å²) in [5.41, 5.74) is 2.57. The van der Waals surface area contributed by atoms with Crippen LogP contribution in [0.25, 0.3) is 6.08 Å². The van der Waals surface area contributed by atoms with Crippen molar-refractivity contribution in [3.63, 3.8) is 0 Å². The average molecular weight is 459 g/mol. The summed E-state index contributed by atoms with van der Waals surface area (Å²) in [4.78, 5) is 20.1. The molecular weight excluding hydrogens is 435 g/mol. The van der Waals surface area contributed by atoms with E-state index in [4.69, 9.17) is 4.74 Å². The number of halogens is 1. The molecule has 0 unspecified atom stereocenters. The van der Waals surface area contributed by atoms with Crippen LogP contribution in [-0.2, 0) is 24.5 Å². The van der Waals surface area contributed by atoms with Crippen molar-refractivity contribution >= 4 is 23.3 Å². The highest BCUT2D eigenvalue weighted by molar-refractivity contribution is 7.10. The topological polar surface area (TPSA) is 42.4 Å². The molecule has 1 amide bonds. The minimum Gasteiger partial charge on any atom is -0.489 e. The van der Waals surface area contributed by atoms with E-state index in [-0.39, 0.29) is 18.3 Å².